The maximum Gasteiger partial charge on any atom is 0.414 e. The van der Waals surface area contributed by atoms with Gasteiger partial charge in [0.05, 0.1) is 44.4 Å². The second kappa shape index (κ2) is 15.1. The van der Waals surface area contributed by atoms with Crippen LogP contribution in [0.5, 0.6) is 11.5 Å². The maximum absolute atomic E-state index is 14.5. The zero-order chi connectivity index (χ0) is 35.5. The number of piperidine rings is 3. The Morgan fingerprint density at radius 1 is 1.04 bits per heavy atom. The number of hydrogen-bond acceptors (Lipinski definition) is 8. The molecule has 7 rings (SSSR count). The Balaban J connectivity index is 1.43. The minimum atomic E-state index is -1.18. The monoisotopic (exact) mass is 725 g/mol. The van der Waals surface area contributed by atoms with Crippen LogP contribution in [0.1, 0.15) is 51.4 Å². The number of carboxylic acids is 1. The number of carboxylic acid groups (broad SMARTS) is 1. The lowest BCUT2D eigenvalue weighted by atomic mass is 9.82. The number of fused-ring (bicyclic) bond motifs is 3. The van der Waals surface area contributed by atoms with Gasteiger partial charge >= 0.3 is 12.1 Å². The van der Waals surface area contributed by atoms with Gasteiger partial charge < -0.3 is 19.3 Å². The number of amides is 1. The van der Waals surface area contributed by atoms with E-state index < -0.39 is 23.8 Å². The molecule has 4 aromatic rings. The molecule has 0 radical (unpaired) electrons. The molecule has 3 saturated heterocycles. The molecule has 2 bridgehead atoms. The number of pyridine rings is 2. The summed E-state index contributed by atoms with van der Waals surface area (Å²) in [5, 5.41) is 20.7. The molecule has 0 aliphatic carbocycles. The number of carbonyl (C=O) groups excluding carboxylic acids is 1. The van der Waals surface area contributed by atoms with Crippen LogP contribution >= 0.6 is 23.2 Å². The molecule has 5 heterocycles. The maximum atomic E-state index is 14.5. The van der Waals surface area contributed by atoms with Gasteiger partial charge in [0.25, 0.3) is 0 Å². The normalized spacial score (nSPS) is 18.7. The van der Waals surface area contributed by atoms with Crippen LogP contribution in [0.3, 0.4) is 0 Å². The third-order valence-electron chi connectivity index (χ3n) is 9.42. The van der Waals surface area contributed by atoms with E-state index >= 15 is 0 Å². The number of aromatic nitrogens is 2. The summed E-state index contributed by atoms with van der Waals surface area (Å²) in [6, 6.07) is 11.2. The third-order valence-corrected chi connectivity index (χ3v) is 10.1. The highest BCUT2D eigenvalue weighted by Crippen LogP contribution is 2.39. The van der Waals surface area contributed by atoms with Gasteiger partial charge in [-0.15, -0.1) is 0 Å². The lowest BCUT2D eigenvalue weighted by Crippen LogP contribution is -2.53. The van der Waals surface area contributed by atoms with Crippen molar-refractivity contribution in [1.29, 1.82) is 0 Å². The van der Waals surface area contributed by atoms with Gasteiger partial charge in [0.1, 0.15) is 22.0 Å². The predicted molar refractivity (Wildman–Crippen MR) is 182 cm³/mol. The summed E-state index contributed by atoms with van der Waals surface area (Å²) < 4.78 is 32.3. The fourth-order valence-electron chi connectivity index (χ4n) is 6.84. The van der Waals surface area contributed by atoms with E-state index in [0.717, 1.165) is 36.9 Å². The van der Waals surface area contributed by atoms with Gasteiger partial charge in [-0.2, -0.15) is 0 Å². The van der Waals surface area contributed by atoms with Gasteiger partial charge in [-0.3, -0.25) is 20.0 Å². The van der Waals surface area contributed by atoms with E-state index in [1.807, 2.05) is 0 Å². The third kappa shape index (κ3) is 7.57. The number of benzene rings is 2. The Morgan fingerprint density at radius 2 is 1.76 bits per heavy atom. The summed E-state index contributed by atoms with van der Waals surface area (Å²) in [6.45, 7) is 2.50. The molecular weight excluding hydrogens is 690 g/mol. The first-order valence-electron chi connectivity index (χ1n) is 16.0. The predicted octanol–water partition coefficient (Wildman–Crippen LogP) is 6.38. The van der Waals surface area contributed by atoms with Crippen LogP contribution in [-0.2, 0) is 17.7 Å². The number of nitrogens with zero attached hydrogens (tertiary/aromatic N) is 4. The van der Waals surface area contributed by atoms with Crippen molar-refractivity contribution in [2.45, 2.75) is 37.8 Å². The molecule has 0 spiro atoms. The van der Waals surface area contributed by atoms with Gasteiger partial charge in [-0.1, -0.05) is 41.4 Å². The molecule has 2 N–H and O–H groups in total. The minimum Gasteiger partial charge on any atom is -0.493 e. The molecule has 3 fully saturated rings. The molecule has 50 heavy (non-hydrogen) atoms. The summed E-state index contributed by atoms with van der Waals surface area (Å²) >= 11 is 13.1. The number of anilines is 1. The van der Waals surface area contributed by atoms with E-state index in [2.05, 4.69) is 9.88 Å². The highest BCUT2D eigenvalue weighted by atomic mass is 35.5. The van der Waals surface area contributed by atoms with Crippen molar-refractivity contribution in [3.8, 4) is 11.5 Å². The summed E-state index contributed by atoms with van der Waals surface area (Å²) in [6.07, 6.45) is 6.04. The highest BCUT2D eigenvalue weighted by molar-refractivity contribution is 6.35. The van der Waals surface area contributed by atoms with Crippen molar-refractivity contribution >= 4 is 41.0 Å². The summed E-state index contributed by atoms with van der Waals surface area (Å²) in [5.74, 6) is -1.34. The van der Waals surface area contributed by atoms with E-state index in [1.54, 1.807) is 30.3 Å². The number of carbonyl (C=O) groups is 2. The average molecular weight is 727 g/mol. The van der Waals surface area contributed by atoms with Crippen molar-refractivity contribution < 1.29 is 43.2 Å². The van der Waals surface area contributed by atoms with E-state index in [9.17, 15) is 24.3 Å². The molecule has 3 aliphatic rings. The Morgan fingerprint density at radius 3 is 2.38 bits per heavy atom. The summed E-state index contributed by atoms with van der Waals surface area (Å²) in [5.41, 5.74) is 2.25. The van der Waals surface area contributed by atoms with Crippen molar-refractivity contribution in [3.63, 3.8) is 0 Å². The van der Waals surface area contributed by atoms with Crippen LogP contribution in [0, 0.1) is 11.7 Å². The van der Waals surface area contributed by atoms with E-state index in [1.165, 1.54) is 49.8 Å². The Bertz CT molecular complexity index is 1880. The number of aromatic carboxylic acids is 1. The van der Waals surface area contributed by atoms with Crippen molar-refractivity contribution in [1.82, 2.24) is 9.88 Å². The number of hydrogen-bond donors (Lipinski definition) is 2. The van der Waals surface area contributed by atoms with Crippen LogP contribution in [0.15, 0.2) is 67.3 Å². The van der Waals surface area contributed by atoms with Crippen molar-refractivity contribution in [2.24, 2.45) is 5.92 Å². The van der Waals surface area contributed by atoms with Gasteiger partial charge in [0, 0.05) is 28.8 Å². The minimum absolute atomic E-state index is 0.00256. The molecule has 14 heteroatoms. The van der Waals surface area contributed by atoms with Crippen molar-refractivity contribution in [3.05, 3.63) is 111 Å². The fourth-order valence-corrected chi connectivity index (χ4v) is 7.44. The van der Waals surface area contributed by atoms with Crippen LogP contribution in [0.25, 0.3) is 0 Å². The summed E-state index contributed by atoms with van der Waals surface area (Å²) in [7, 11) is 3.01. The van der Waals surface area contributed by atoms with Crippen LogP contribution in [-0.4, -0.2) is 72.2 Å². The second-order valence-electron chi connectivity index (χ2n) is 12.4. The molecule has 2 atom stereocenters. The molecule has 3 aliphatic heterocycles. The Hall–Kier alpha value is -4.65. The van der Waals surface area contributed by atoms with E-state index in [4.69, 9.17) is 37.4 Å². The number of methoxy groups -OCH3 is 2. The number of rotatable bonds is 11. The van der Waals surface area contributed by atoms with Gasteiger partial charge in [-0.25, -0.2) is 14.0 Å². The average Bonchev–Trinajstić information content (AvgIpc) is 3.10. The van der Waals surface area contributed by atoms with Crippen molar-refractivity contribution in [2.75, 3.05) is 38.8 Å². The van der Waals surface area contributed by atoms with E-state index in [0.29, 0.717) is 40.3 Å². The zero-order valence-corrected chi connectivity index (χ0v) is 28.9. The molecule has 1 amide bonds. The van der Waals surface area contributed by atoms with Crippen LogP contribution < -0.4 is 19.1 Å². The molecule has 262 valence electrons. The lowest BCUT2D eigenvalue weighted by molar-refractivity contribution is -0.904. The van der Waals surface area contributed by atoms with Gasteiger partial charge in [0.2, 0.25) is 12.4 Å². The number of halogens is 3. The highest BCUT2D eigenvalue weighted by Gasteiger charge is 2.38. The van der Waals surface area contributed by atoms with Gasteiger partial charge in [0.15, 0.2) is 11.5 Å². The fraction of sp³-hybridized carbons (Fsp3) is 0.333. The van der Waals surface area contributed by atoms with Crippen LogP contribution in [0.4, 0.5) is 14.9 Å². The van der Waals surface area contributed by atoms with Gasteiger partial charge in [-0.05, 0) is 73.2 Å². The quantitative estimate of drug-likeness (QED) is 0.134. The lowest BCUT2D eigenvalue weighted by Gasteiger charge is -2.44. The molecule has 11 nitrogen and oxygen atoms in total. The standard InChI is InChI=1S/C36H35Cl2FN4O7/c1-48-32-6-4-23(12-33(32)49-2)27(14-29-30(37)18-42(47)19-31(29)38)28-11-21(3-5-26(28)35(44)45)17-43(25-13-24(39)15-40-16-25)36(46)50-34-20-41-9-7-22(34)8-10-41/h3-6,11-13,15-16,18-19,22,27,34H,7-10,14,17,20H2,1-2H3,(H-,44,45,47)/p+1/t27-,34-/m0/s1. The SMILES string of the molecule is COc1ccc([C@H](Cc2c(Cl)c[n+](O)cc2Cl)c2cc(CN(C(=O)O[C@H]3CN4CCC3CC4)c3cncc(F)c3)ccc2C(=O)O)cc1OC. The van der Waals surface area contributed by atoms with Crippen LogP contribution in [0.2, 0.25) is 10.0 Å². The molecule has 0 saturated carbocycles. The Kier molecular flexibility index (Phi) is 10.6. The second-order valence-corrected chi connectivity index (χ2v) is 13.2. The molecule has 2 aromatic heterocycles. The smallest absolute Gasteiger partial charge is 0.414 e. The first-order chi connectivity index (χ1) is 24.0. The topological polar surface area (TPSA) is 126 Å². The number of ether oxygens (including phenoxy) is 3. The Labute approximate surface area is 298 Å². The summed E-state index contributed by atoms with van der Waals surface area (Å²) in [4.78, 5) is 34.1. The first-order valence-corrected chi connectivity index (χ1v) is 16.8. The first kappa shape index (κ1) is 35.2. The molecule has 2 aromatic carbocycles. The molecule has 0 unspecified atom stereocenters. The zero-order valence-electron chi connectivity index (χ0n) is 27.4. The largest absolute Gasteiger partial charge is 0.493 e. The van der Waals surface area contributed by atoms with E-state index in [-0.39, 0.29) is 46.3 Å². The molecular formula is C36H36Cl2FN4O7+.